The Hall–Kier alpha value is 0.0500. The van der Waals surface area contributed by atoms with Gasteiger partial charge in [-0.2, -0.15) is 0 Å². The summed E-state index contributed by atoms with van der Waals surface area (Å²) >= 11 is 12.3. The lowest BCUT2D eigenvalue weighted by Crippen LogP contribution is -2.44. The Labute approximate surface area is 139 Å². The van der Waals surface area contributed by atoms with E-state index < -0.39 is 0 Å². The van der Waals surface area contributed by atoms with E-state index in [4.69, 9.17) is 23.2 Å². The molecule has 1 aromatic carbocycles. The van der Waals surface area contributed by atoms with Gasteiger partial charge >= 0.3 is 0 Å². The van der Waals surface area contributed by atoms with Crippen molar-refractivity contribution in [2.45, 2.75) is 38.0 Å². The first-order chi connectivity index (χ1) is 8.95. The number of hydrogen-bond donors (Lipinski definition) is 0. The molecular formula is C16H24Cl3N. The summed E-state index contributed by atoms with van der Waals surface area (Å²) in [6.07, 6.45) is 5.19. The molecule has 114 valence electrons. The molecule has 1 aliphatic rings. The third kappa shape index (κ3) is 3.62. The van der Waals surface area contributed by atoms with Gasteiger partial charge in [-0.25, -0.2) is 0 Å². The average molecular weight is 337 g/mol. The van der Waals surface area contributed by atoms with Gasteiger partial charge in [0.2, 0.25) is 0 Å². The second-order valence-electron chi connectivity index (χ2n) is 6.17. The SMILES string of the molecule is C[C@H]1CCCC[C@]1(CN(C)C)c1ccc(Cl)c(Cl)c1.Cl. The van der Waals surface area contributed by atoms with Gasteiger partial charge in [0.25, 0.3) is 0 Å². The van der Waals surface area contributed by atoms with Crippen LogP contribution in [0.15, 0.2) is 18.2 Å². The number of halogens is 3. The molecule has 1 aromatic rings. The maximum atomic E-state index is 6.23. The van der Waals surface area contributed by atoms with Gasteiger partial charge in [0.1, 0.15) is 0 Å². The highest BCUT2D eigenvalue weighted by Gasteiger charge is 2.40. The molecule has 2 atom stereocenters. The van der Waals surface area contributed by atoms with E-state index in [0.717, 1.165) is 6.54 Å². The van der Waals surface area contributed by atoms with Crippen molar-refractivity contribution >= 4 is 35.6 Å². The van der Waals surface area contributed by atoms with Crippen LogP contribution in [0.3, 0.4) is 0 Å². The van der Waals surface area contributed by atoms with E-state index in [2.05, 4.69) is 38.1 Å². The summed E-state index contributed by atoms with van der Waals surface area (Å²) in [7, 11) is 4.31. The van der Waals surface area contributed by atoms with Gasteiger partial charge in [0.15, 0.2) is 0 Å². The molecule has 0 saturated heterocycles. The Morgan fingerprint density at radius 1 is 1.20 bits per heavy atom. The van der Waals surface area contributed by atoms with E-state index in [1.165, 1.54) is 31.2 Å². The molecule has 0 aliphatic heterocycles. The largest absolute Gasteiger partial charge is 0.309 e. The van der Waals surface area contributed by atoms with Crippen molar-refractivity contribution in [3.05, 3.63) is 33.8 Å². The Morgan fingerprint density at radius 2 is 1.90 bits per heavy atom. The molecule has 0 aromatic heterocycles. The van der Waals surface area contributed by atoms with Crippen LogP contribution in [0, 0.1) is 5.92 Å². The fraction of sp³-hybridized carbons (Fsp3) is 0.625. The minimum Gasteiger partial charge on any atom is -0.309 e. The summed E-state index contributed by atoms with van der Waals surface area (Å²) in [5.41, 5.74) is 1.57. The van der Waals surface area contributed by atoms with Crippen LogP contribution in [-0.2, 0) is 5.41 Å². The van der Waals surface area contributed by atoms with Crippen molar-refractivity contribution in [2.75, 3.05) is 20.6 Å². The fourth-order valence-electron chi connectivity index (χ4n) is 3.54. The molecule has 0 heterocycles. The third-order valence-electron chi connectivity index (χ3n) is 4.55. The van der Waals surface area contributed by atoms with Gasteiger partial charge in [-0.05, 0) is 50.6 Å². The van der Waals surface area contributed by atoms with Crippen LogP contribution >= 0.6 is 35.6 Å². The van der Waals surface area contributed by atoms with E-state index in [9.17, 15) is 0 Å². The first kappa shape index (κ1) is 18.1. The first-order valence-electron chi connectivity index (χ1n) is 7.06. The number of hydrogen-bond acceptors (Lipinski definition) is 1. The lowest BCUT2D eigenvalue weighted by molar-refractivity contribution is 0.151. The summed E-state index contributed by atoms with van der Waals surface area (Å²) in [6, 6.07) is 6.19. The smallest absolute Gasteiger partial charge is 0.0595 e. The zero-order valence-corrected chi connectivity index (χ0v) is 14.8. The number of nitrogens with zero attached hydrogens (tertiary/aromatic N) is 1. The summed E-state index contributed by atoms with van der Waals surface area (Å²) in [5.74, 6) is 0.681. The standard InChI is InChI=1S/C16H23Cl2N.ClH/c1-12-6-4-5-9-16(12,11-19(2)3)13-7-8-14(17)15(18)10-13;/h7-8,10,12H,4-6,9,11H2,1-3H3;1H/t12-,16+;/m0./s1. The lowest BCUT2D eigenvalue weighted by atomic mass is 9.63. The van der Waals surface area contributed by atoms with Gasteiger partial charge < -0.3 is 4.90 Å². The monoisotopic (exact) mass is 335 g/mol. The van der Waals surface area contributed by atoms with Gasteiger partial charge in [-0.1, -0.05) is 49.0 Å². The van der Waals surface area contributed by atoms with Crippen molar-refractivity contribution in [2.24, 2.45) is 5.92 Å². The Balaban J connectivity index is 0.00000200. The Morgan fingerprint density at radius 3 is 2.45 bits per heavy atom. The van der Waals surface area contributed by atoms with E-state index in [-0.39, 0.29) is 17.8 Å². The minimum atomic E-state index is 0. The van der Waals surface area contributed by atoms with Crippen LogP contribution < -0.4 is 0 Å². The van der Waals surface area contributed by atoms with Gasteiger partial charge in [-0.15, -0.1) is 12.4 Å². The lowest BCUT2D eigenvalue weighted by Gasteiger charge is -2.45. The van der Waals surface area contributed by atoms with Gasteiger partial charge in [0.05, 0.1) is 10.0 Å². The van der Waals surface area contributed by atoms with Crippen LogP contribution in [0.1, 0.15) is 38.2 Å². The number of rotatable bonds is 3. The van der Waals surface area contributed by atoms with Crippen LogP contribution in [-0.4, -0.2) is 25.5 Å². The van der Waals surface area contributed by atoms with Crippen molar-refractivity contribution in [3.63, 3.8) is 0 Å². The van der Waals surface area contributed by atoms with E-state index in [1.54, 1.807) is 0 Å². The maximum Gasteiger partial charge on any atom is 0.0595 e. The van der Waals surface area contributed by atoms with Crippen LogP contribution in [0.4, 0.5) is 0 Å². The second-order valence-corrected chi connectivity index (χ2v) is 6.98. The van der Waals surface area contributed by atoms with E-state index >= 15 is 0 Å². The molecule has 0 amide bonds. The van der Waals surface area contributed by atoms with Crippen molar-refractivity contribution in [3.8, 4) is 0 Å². The third-order valence-corrected chi connectivity index (χ3v) is 5.29. The molecule has 20 heavy (non-hydrogen) atoms. The molecular weight excluding hydrogens is 313 g/mol. The van der Waals surface area contributed by atoms with Crippen LogP contribution in [0.2, 0.25) is 10.0 Å². The van der Waals surface area contributed by atoms with Gasteiger partial charge in [-0.3, -0.25) is 0 Å². The van der Waals surface area contributed by atoms with Crippen molar-refractivity contribution in [1.29, 1.82) is 0 Å². The molecule has 0 bridgehead atoms. The summed E-state index contributed by atoms with van der Waals surface area (Å²) in [6.45, 7) is 3.46. The Kier molecular flexibility index (Phi) is 6.66. The quantitative estimate of drug-likeness (QED) is 0.712. The highest BCUT2D eigenvalue weighted by Crippen LogP contribution is 2.45. The van der Waals surface area contributed by atoms with Crippen LogP contribution in [0.5, 0.6) is 0 Å². The molecule has 1 fully saturated rings. The van der Waals surface area contributed by atoms with Crippen LogP contribution in [0.25, 0.3) is 0 Å². The normalized spacial score (nSPS) is 26.4. The first-order valence-corrected chi connectivity index (χ1v) is 7.81. The molecule has 2 rings (SSSR count). The highest BCUT2D eigenvalue weighted by molar-refractivity contribution is 6.42. The molecule has 1 nitrogen and oxygen atoms in total. The fourth-order valence-corrected chi connectivity index (χ4v) is 3.84. The second kappa shape index (κ2) is 7.35. The minimum absolute atomic E-state index is 0. The number of likely N-dealkylation sites (N-methyl/N-ethyl adjacent to an activating group) is 1. The average Bonchev–Trinajstić information content (AvgIpc) is 2.35. The predicted octanol–water partition coefficient (Wildman–Crippen LogP) is 5.42. The molecule has 0 N–H and O–H groups in total. The molecule has 0 spiro atoms. The maximum absolute atomic E-state index is 6.23. The van der Waals surface area contributed by atoms with Crippen molar-refractivity contribution < 1.29 is 0 Å². The topological polar surface area (TPSA) is 3.24 Å². The summed E-state index contributed by atoms with van der Waals surface area (Å²) in [5, 5.41) is 1.32. The molecule has 4 heteroatoms. The molecule has 0 radical (unpaired) electrons. The van der Waals surface area contributed by atoms with E-state index in [1.807, 2.05) is 6.07 Å². The number of benzene rings is 1. The molecule has 1 saturated carbocycles. The van der Waals surface area contributed by atoms with Crippen molar-refractivity contribution in [1.82, 2.24) is 4.90 Å². The molecule has 1 aliphatic carbocycles. The highest BCUT2D eigenvalue weighted by atomic mass is 35.5. The summed E-state index contributed by atoms with van der Waals surface area (Å²) in [4.78, 5) is 2.30. The van der Waals surface area contributed by atoms with Gasteiger partial charge in [0, 0.05) is 12.0 Å². The molecule has 0 unspecified atom stereocenters. The predicted molar refractivity (Wildman–Crippen MR) is 91.6 cm³/mol. The Bertz CT molecular complexity index is 447. The van der Waals surface area contributed by atoms with E-state index in [0.29, 0.717) is 16.0 Å². The zero-order valence-electron chi connectivity index (χ0n) is 12.5. The zero-order chi connectivity index (χ0) is 14.0. The summed E-state index contributed by atoms with van der Waals surface area (Å²) < 4.78 is 0.